The molecule has 1 N–H and O–H groups in total. The molecular weight excluding hydrogens is 230 g/mol. The van der Waals surface area contributed by atoms with Crippen molar-refractivity contribution in [1.29, 1.82) is 0 Å². The van der Waals surface area contributed by atoms with Crippen LogP contribution in [0, 0.1) is 0 Å². The molecule has 0 radical (unpaired) electrons. The molecule has 1 aliphatic heterocycles. The highest BCUT2D eigenvalue weighted by Crippen LogP contribution is 2.17. The Hall–Kier alpha value is -2.37. The topological polar surface area (TPSA) is 63.1 Å². The van der Waals surface area contributed by atoms with E-state index in [1.54, 1.807) is 28.2 Å². The van der Waals surface area contributed by atoms with Crippen molar-refractivity contribution in [3.63, 3.8) is 0 Å². The number of carbonyl (C=O) groups excluding carboxylic acids is 1. The van der Waals surface area contributed by atoms with Gasteiger partial charge in [0.05, 0.1) is 23.8 Å². The predicted molar refractivity (Wildman–Crippen MR) is 66.7 cm³/mol. The Bertz CT molecular complexity index is 551. The van der Waals surface area contributed by atoms with Crippen molar-refractivity contribution in [2.24, 2.45) is 0 Å². The number of pyridine rings is 1. The van der Waals surface area contributed by atoms with Gasteiger partial charge >= 0.3 is 6.03 Å². The highest BCUT2D eigenvalue weighted by atomic mass is 16.2. The maximum Gasteiger partial charge on any atom is 0.321 e. The quantitative estimate of drug-likeness (QED) is 0.861. The molecule has 1 saturated heterocycles. The summed E-state index contributed by atoms with van der Waals surface area (Å²) in [4.78, 5) is 17.4. The van der Waals surface area contributed by atoms with Gasteiger partial charge in [0, 0.05) is 25.5 Å². The van der Waals surface area contributed by atoms with Crippen LogP contribution in [0.2, 0.25) is 0 Å². The van der Waals surface area contributed by atoms with Crippen LogP contribution in [-0.4, -0.2) is 33.9 Å². The molecule has 1 aliphatic rings. The van der Waals surface area contributed by atoms with Crippen LogP contribution in [0.25, 0.3) is 5.69 Å². The van der Waals surface area contributed by atoms with Gasteiger partial charge < -0.3 is 5.32 Å². The second-order valence-corrected chi connectivity index (χ2v) is 4.09. The second-order valence-electron chi connectivity index (χ2n) is 4.09. The Morgan fingerprint density at radius 1 is 1.22 bits per heavy atom. The van der Waals surface area contributed by atoms with E-state index in [-0.39, 0.29) is 6.03 Å². The molecule has 2 aromatic heterocycles. The fourth-order valence-electron chi connectivity index (χ4n) is 1.97. The van der Waals surface area contributed by atoms with Gasteiger partial charge in [0.15, 0.2) is 0 Å². The predicted octanol–water partition coefficient (Wildman–Crippen LogP) is 1.19. The molecule has 0 spiro atoms. The van der Waals surface area contributed by atoms with Crippen molar-refractivity contribution in [1.82, 2.24) is 20.1 Å². The number of amides is 2. The Kier molecular flexibility index (Phi) is 2.68. The molecule has 0 saturated carbocycles. The molecule has 3 rings (SSSR count). The Balaban J connectivity index is 1.87. The van der Waals surface area contributed by atoms with Crippen LogP contribution in [0.1, 0.15) is 6.42 Å². The second kappa shape index (κ2) is 4.48. The summed E-state index contributed by atoms with van der Waals surface area (Å²) in [5, 5.41) is 7.08. The van der Waals surface area contributed by atoms with E-state index in [1.165, 1.54) is 0 Å². The molecule has 0 bridgehead atoms. The maximum atomic E-state index is 11.7. The summed E-state index contributed by atoms with van der Waals surface area (Å²) in [6.07, 6.45) is 7.92. The van der Waals surface area contributed by atoms with Crippen LogP contribution in [0.5, 0.6) is 0 Å². The third kappa shape index (κ3) is 1.92. The Labute approximate surface area is 104 Å². The first-order valence-corrected chi connectivity index (χ1v) is 5.85. The number of hydrogen-bond donors (Lipinski definition) is 1. The minimum atomic E-state index is -0.0597. The number of urea groups is 1. The van der Waals surface area contributed by atoms with Gasteiger partial charge in [0.25, 0.3) is 0 Å². The summed E-state index contributed by atoms with van der Waals surface area (Å²) < 4.78 is 1.74. The average molecular weight is 243 g/mol. The normalized spacial score (nSPS) is 15.6. The molecule has 1 fully saturated rings. The molecule has 18 heavy (non-hydrogen) atoms. The van der Waals surface area contributed by atoms with Crippen LogP contribution in [0.4, 0.5) is 10.5 Å². The molecule has 0 atom stereocenters. The minimum absolute atomic E-state index is 0.0597. The zero-order valence-corrected chi connectivity index (χ0v) is 9.78. The SMILES string of the molecule is O=C1NCCCN1c1cnn(-c2ccncc2)c1. The lowest BCUT2D eigenvalue weighted by Gasteiger charge is -2.25. The van der Waals surface area contributed by atoms with E-state index < -0.39 is 0 Å². The third-order valence-corrected chi connectivity index (χ3v) is 2.89. The largest absolute Gasteiger partial charge is 0.338 e. The summed E-state index contributed by atoms with van der Waals surface area (Å²) in [5.74, 6) is 0. The lowest BCUT2D eigenvalue weighted by molar-refractivity contribution is 0.243. The van der Waals surface area contributed by atoms with Crippen molar-refractivity contribution in [3.8, 4) is 5.69 Å². The zero-order chi connectivity index (χ0) is 12.4. The highest BCUT2D eigenvalue weighted by molar-refractivity contribution is 5.92. The fourth-order valence-corrected chi connectivity index (χ4v) is 1.97. The van der Waals surface area contributed by atoms with E-state index in [1.807, 2.05) is 18.3 Å². The molecular formula is C12H13N5O. The average Bonchev–Trinajstić information content (AvgIpc) is 2.90. The summed E-state index contributed by atoms with van der Waals surface area (Å²) in [5.41, 5.74) is 1.73. The first kappa shape index (κ1) is 10.8. The minimum Gasteiger partial charge on any atom is -0.338 e. The molecule has 2 amide bonds. The molecule has 0 aliphatic carbocycles. The van der Waals surface area contributed by atoms with Gasteiger partial charge in [-0.15, -0.1) is 0 Å². The van der Waals surface area contributed by atoms with Gasteiger partial charge in [0.2, 0.25) is 0 Å². The van der Waals surface area contributed by atoms with Gasteiger partial charge in [-0.05, 0) is 18.6 Å². The molecule has 92 valence electrons. The first-order chi connectivity index (χ1) is 8.84. The van der Waals surface area contributed by atoms with E-state index in [2.05, 4.69) is 15.4 Å². The zero-order valence-electron chi connectivity index (χ0n) is 9.78. The smallest absolute Gasteiger partial charge is 0.321 e. The highest BCUT2D eigenvalue weighted by Gasteiger charge is 2.20. The Morgan fingerprint density at radius 3 is 2.83 bits per heavy atom. The van der Waals surface area contributed by atoms with Crippen molar-refractivity contribution < 1.29 is 4.79 Å². The number of nitrogens with zero attached hydrogens (tertiary/aromatic N) is 4. The number of carbonyl (C=O) groups is 1. The number of hydrogen-bond acceptors (Lipinski definition) is 3. The van der Waals surface area contributed by atoms with Gasteiger partial charge in [-0.2, -0.15) is 5.10 Å². The van der Waals surface area contributed by atoms with Crippen molar-refractivity contribution >= 4 is 11.7 Å². The van der Waals surface area contributed by atoms with E-state index >= 15 is 0 Å². The number of rotatable bonds is 2. The molecule has 6 nitrogen and oxygen atoms in total. The van der Waals surface area contributed by atoms with Crippen molar-refractivity contribution in [2.45, 2.75) is 6.42 Å². The molecule has 0 unspecified atom stereocenters. The summed E-state index contributed by atoms with van der Waals surface area (Å²) >= 11 is 0. The van der Waals surface area contributed by atoms with Crippen molar-refractivity contribution in [2.75, 3.05) is 18.0 Å². The van der Waals surface area contributed by atoms with Gasteiger partial charge in [-0.1, -0.05) is 0 Å². The van der Waals surface area contributed by atoms with Gasteiger partial charge in [0.1, 0.15) is 0 Å². The standard InChI is InChI=1S/C12H13N5O/c18-12-14-4-1-7-16(12)11-8-15-17(9-11)10-2-5-13-6-3-10/h2-3,5-6,8-9H,1,4,7H2,(H,14,18). The molecule has 2 aromatic rings. The molecule has 0 aromatic carbocycles. The van der Waals surface area contributed by atoms with Gasteiger partial charge in [-0.25, -0.2) is 9.48 Å². The van der Waals surface area contributed by atoms with Gasteiger partial charge in [-0.3, -0.25) is 9.88 Å². The third-order valence-electron chi connectivity index (χ3n) is 2.89. The van der Waals surface area contributed by atoms with Crippen molar-refractivity contribution in [3.05, 3.63) is 36.9 Å². The number of nitrogens with one attached hydrogen (secondary N) is 1. The summed E-state index contributed by atoms with van der Waals surface area (Å²) in [6.45, 7) is 1.47. The van der Waals surface area contributed by atoms with E-state index in [0.717, 1.165) is 30.9 Å². The van der Waals surface area contributed by atoms with E-state index in [4.69, 9.17) is 0 Å². The first-order valence-electron chi connectivity index (χ1n) is 5.85. The molecule has 3 heterocycles. The Morgan fingerprint density at radius 2 is 2.06 bits per heavy atom. The number of anilines is 1. The lowest BCUT2D eigenvalue weighted by atomic mass is 10.3. The monoisotopic (exact) mass is 243 g/mol. The van der Waals surface area contributed by atoms with E-state index in [0.29, 0.717) is 0 Å². The summed E-state index contributed by atoms with van der Waals surface area (Å²) in [7, 11) is 0. The lowest BCUT2D eigenvalue weighted by Crippen LogP contribution is -2.46. The van der Waals surface area contributed by atoms with Crippen LogP contribution in [-0.2, 0) is 0 Å². The fraction of sp³-hybridized carbons (Fsp3) is 0.250. The van der Waals surface area contributed by atoms with Crippen LogP contribution >= 0.6 is 0 Å². The van der Waals surface area contributed by atoms with E-state index in [9.17, 15) is 4.79 Å². The maximum absolute atomic E-state index is 11.7. The summed E-state index contributed by atoms with van der Waals surface area (Å²) in [6, 6.07) is 3.68. The van der Waals surface area contributed by atoms with Crippen LogP contribution < -0.4 is 10.2 Å². The molecule has 6 heteroatoms. The number of aromatic nitrogens is 3. The van der Waals surface area contributed by atoms with Crippen LogP contribution in [0.3, 0.4) is 0 Å². The van der Waals surface area contributed by atoms with Crippen LogP contribution in [0.15, 0.2) is 36.9 Å².